The second kappa shape index (κ2) is 6.61. The van der Waals surface area contributed by atoms with Gasteiger partial charge in [0.15, 0.2) is 9.84 Å². The number of aromatic nitrogens is 1. The SMILES string of the molecule is C[C@H](Cc1cccc(-c2ccc(S(C)(=O)=O)cc2)n1)c1ccco1. The molecule has 2 heterocycles. The van der Waals surface area contributed by atoms with Gasteiger partial charge in [-0.3, -0.25) is 4.98 Å². The number of sulfone groups is 1. The van der Waals surface area contributed by atoms with E-state index in [2.05, 4.69) is 6.92 Å². The van der Waals surface area contributed by atoms with Gasteiger partial charge in [0.25, 0.3) is 0 Å². The van der Waals surface area contributed by atoms with Gasteiger partial charge in [0, 0.05) is 23.4 Å². The number of hydrogen-bond donors (Lipinski definition) is 0. The van der Waals surface area contributed by atoms with Gasteiger partial charge in [-0.05, 0) is 42.8 Å². The van der Waals surface area contributed by atoms with Crippen molar-refractivity contribution in [3.63, 3.8) is 0 Å². The van der Waals surface area contributed by atoms with E-state index < -0.39 is 9.84 Å². The molecule has 0 N–H and O–H groups in total. The van der Waals surface area contributed by atoms with E-state index in [4.69, 9.17) is 9.40 Å². The molecule has 1 aromatic carbocycles. The standard InChI is InChI=1S/C19H19NO3S/c1-14(19-7-4-12-23-19)13-16-5-3-6-18(20-16)15-8-10-17(11-9-15)24(2,21)22/h3-12,14H,13H2,1-2H3/t14-/m1/s1. The molecule has 24 heavy (non-hydrogen) atoms. The minimum Gasteiger partial charge on any atom is -0.469 e. The van der Waals surface area contributed by atoms with Gasteiger partial charge in [-0.15, -0.1) is 0 Å². The molecule has 0 aliphatic heterocycles. The van der Waals surface area contributed by atoms with E-state index >= 15 is 0 Å². The lowest BCUT2D eigenvalue weighted by Gasteiger charge is -2.09. The Morgan fingerprint density at radius 3 is 2.42 bits per heavy atom. The highest BCUT2D eigenvalue weighted by Crippen LogP contribution is 2.23. The van der Waals surface area contributed by atoms with Gasteiger partial charge in [0.05, 0.1) is 16.9 Å². The Bertz CT molecular complexity index is 914. The fourth-order valence-corrected chi connectivity index (χ4v) is 3.24. The zero-order chi connectivity index (χ0) is 17.2. The van der Waals surface area contributed by atoms with Crippen molar-refractivity contribution in [2.24, 2.45) is 0 Å². The first kappa shape index (κ1) is 16.5. The number of furan rings is 1. The lowest BCUT2D eigenvalue weighted by atomic mass is 10.0. The van der Waals surface area contributed by atoms with Crippen LogP contribution in [0, 0.1) is 0 Å². The van der Waals surface area contributed by atoms with Crippen LogP contribution in [-0.2, 0) is 16.3 Å². The minimum atomic E-state index is -3.18. The van der Waals surface area contributed by atoms with Crippen molar-refractivity contribution in [2.45, 2.75) is 24.2 Å². The summed E-state index contributed by atoms with van der Waals surface area (Å²) in [7, 11) is -3.18. The monoisotopic (exact) mass is 341 g/mol. The van der Waals surface area contributed by atoms with Gasteiger partial charge in [-0.1, -0.05) is 25.1 Å². The fourth-order valence-electron chi connectivity index (χ4n) is 2.61. The van der Waals surface area contributed by atoms with Crippen LogP contribution in [0.1, 0.15) is 24.3 Å². The van der Waals surface area contributed by atoms with E-state index in [0.717, 1.165) is 29.1 Å². The average molecular weight is 341 g/mol. The molecule has 0 spiro atoms. The summed E-state index contributed by atoms with van der Waals surface area (Å²) >= 11 is 0. The molecule has 2 aromatic heterocycles. The van der Waals surface area contributed by atoms with Crippen molar-refractivity contribution in [3.8, 4) is 11.3 Å². The van der Waals surface area contributed by atoms with Crippen molar-refractivity contribution in [1.29, 1.82) is 0 Å². The minimum absolute atomic E-state index is 0.246. The van der Waals surface area contributed by atoms with Crippen LogP contribution in [0.15, 0.2) is 70.2 Å². The highest BCUT2D eigenvalue weighted by atomic mass is 32.2. The Kier molecular flexibility index (Phi) is 4.53. The summed E-state index contributed by atoms with van der Waals surface area (Å²) < 4.78 is 28.5. The van der Waals surface area contributed by atoms with E-state index in [0.29, 0.717) is 4.90 Å². The van der Waals surface area contributed by atoms with Crippen molar-refractivity contribution in [1.82, 2.24) is 4.98 Å². The summed E-state index contributed by atoms with van der Waals surface area (Å²) in [6.45, 7) is 2.11. The van der Waals surface area contributed by atoms with Crippen LogP contribution in [0.3, 0.4) is 0 Å². The second-order valence-electron chi connectivity index (χ2n) is 5.93. The van der Waals surface area contributed by atoms with Crippen molar-refractivity contribution >= 4 is 9.84 Å². The first-order valence-electron chi connectivity index (χ1n) is 7.73. The third kappa shape index (κ3) is 3.74. The summed E-state index contributed by atoms with van der Waals surface area (Å²) in [4.78, 5) is 5.01. The molecular weight excluding hydrogens is 322 g/mol. The van der Waals surface area contributed by atoms with Gasteiger partial charge in [0.1, 0.15) is 5.76 Å². The summed E-state index contributed by atoms with van der Waals surface area (Å²) in [6, 6.07) is 16.6. The number of rotatable bonds is 5. The highest BCUT2D eigenvalue weighted by molar-refractivity contribution is 7.90. The Hall–Kier alpha value is -2.40. The Labute approximate surface area is 142 Å². The van der Waals surface area contributed by atoms with E-state index in [9.17, 15) is 8.42 Å². The third-order valence-electron chi connectivity index (χ3n) is 3.93. The topological polar surface area (TPSA) is 60.2 Å². The Morgan fingerprint density at radius 1 is 1.04 bits per heavy atom. The maximum atomic E-state index is 11.5. The van der Waals surface area contributed by atoms with E-state index in [1.54, 1.807) is 30.5 Å². The molecule has 0 saturated heterocycles. The molecule has 3 rings (SSSR count). The van der Waals surface area contributed by atoms with Crippen LogP contribution in [-0.4, -0.2) is 19.7 Å². The molecule has 0 aliphatic carbocycles. The van der Waals surface area contributed by atoms with Gasteiger partial charge in [-0.25, -0.2) is 8.42 Å². The molecular formula is C19H19NO3S. The maximum absolute atomic E-state index is 11.5. The van der Waals surface area contributed by atoms with Crippen LogP contribution in [0.4, 0.5) is 0 Å². The lowest BCUT2D eigenvalue weighted by molar-refractivity contribution is 0.471. The zero-order valence-corrected chi connectivity index (χ0v) is 14.5. The molecule has 124 valence electrons. The first-order valence-corrected chi connectivity index (χ1v) is 9.62. The quantitative estimate of drug-likeness (QED) is 0.701. The van der Waals surface area contributed by atoms with Crippen LogP contribution < -0.4 is 0 Å². The number of nitrogens with zero attached hydrogens (tertiary/aromatic N) is 1. The highest BCUT2D eigenvalue weighted by Gasteiger charge is 2.11. The molecule has 0 aliphatic rings. The predicted molar refractivity (Wildman–Crippen MR) is 93.6 cm³/mol. The fraction of sp³-hybridized carbons (Fsp3) is 0.211. The smallest absolute Gasteiger partial charge is 0.175 e. The van der Waals surface area contributed by atoms with E-state index in [1.165, 1.54) is 6.26 Å². The van der Waals surface area contributed by atoms with Gasteiger partial charge in [0.2, 0.25) is 0 Å². The van der Waals surface area contributed by atoms with Crippen molar-refractivity contribution in [2.75, 3.05) is 6.26 Å². The van der Waals surface area contributed by atoms with Gasteiger partial charge >= 0.3 is 0 Å². The molecule has 0 fully saturated rings. The lowest BCUT2D eigenvalue weighted by Crippen LogP contribution is -2.00. The summed E-state index contributed by atoms with van der Waals surface area (Å²) in [6.07, 6.45) is 3.67. The molecule has 0 saturated carbocycles. The number of hydrogen-bond acceptors (Lipinski definition) is 4. The summed E-state index contributed by atoms with van der Waals surface area (Å²) in [5.74, 6) is 1.19. The largest absolute Gasteiger partial charge is 0.469 e. The second-order valence-corrected chi connectivity index (χ2v) is 7.95. The molecule has 3 aromatic rings. The molecule has 5 heteroatoms. The third-order valence-corrected chi connectivity index (χ3v) is 5.06. The molecule has 1 atom stereocenters. The maximum Gasteiger partial charge on any atom is 0.175 e. The van der Waals surface area contributed by atoms with E-state index in [-0.39, 0.29) is 5.92 Å². The van der Waals surface area contributed by atoms with Crippen LogP contribution >= 0.6 is 0 Å². The van der Waals surface area contributed by atoms with Crippen molar-refractivity contribution in [3.05, 3.63) is 72.3 Å². The number of benzene rings is 1. The Balaban J connectivity index is 1.82. The molecule has 0 bridgehead atoms. The van der Waals surface area contributed by atoms with Gasteiger partial charge < -0.3 is 4.42 Å². The predicted octanol–water partition coefficient (Wildman–Crippen LogP) is 4.09. The normalized spacial score (nSPS) is 12.9. The molecule has 0 amide bonds. The summed E-state index contributed by atoms with van der Waals surface area (Å²) in [5, 5.41) is 0. The van der Waals surface area contributed by atoms with Crippen LogP contribution in [0.5, 0.6) is 0 Å². The average Bonchev–Trinajstić information content (AvgIpc) is 3.09. The Morgan fingerprint density at radius 2 is 1.79 bits per heavy atom. The van der Waals surface area contributed by atoms with E-state index in [1.807, 2.05) is 30.3 Å². The summed E-state index contributed by atoms with van der Waals surface area (Å²) in [5.41, 5.74) is 2.71. The molecule has 4 nitrogen and oxygen atoms in total. The first-order chi connectivity index (χ1) is 11.4. The zero-order valence-electron chi connectivity index (χ0n) is 13.6. The molecule has 0 unspecified atom stereocenters. The molecule has 0 radical (unpaired) electrons. The number of pyridine rings is 1. The van der Waals surface area contributed by atoms with Crippen molar-refractivity contribution < 1.29 is 12.8 Å². The van der Waals surface area contributed by atoms with Gasteiger partial charge in [-0.2, -0.15) is 0 Å². The van der Waals surface area contributed by atoms with Crippen LogP contribution in [0.2, 0.25) is 0 Å². The van der Waals surface area contributed by atoms with Crippen LogP contribution in [0.25, 0.3) is 11.3 Å².